The predicted molar refractivity (Wildman–Crippen MR) is 86.9 cm³/mol. The van der Waals surface area contributed by atoms with E-state index < -0.39 is 0 Å². The van der Waals surface area contributed by atoms with E-state index in [0.29, 0.717) is 11.8 Å². The molecule has 0 radical (unpaired) electrons. The van der Waals surface area contributed by atoms with Crippen molar-refractivity contribution >= 4 is 0 Å². The van der Waals surface area contributed by atoms with Gasteiger partial charge < -0.3 is 14.8 Å². The van der Waals surface area contributed by atoms with Crippen LogP contribution in [0.25, 0.3) is 0 Å². The molecule has 1 aliphatic heterocycles. The lowest BCUT2D eigenvalue weighted by Gasteiger charge is -2.33. The van der Waals surface area contributed by atoms with Gasteiger partial charge in [-0.15, -0.1) is 0 Å². The molecule has 2 atom stereocenters. The van der Waals surface area contributed by atoms with Gasteiger partial charge in [0.1, 0.15) is 5.75 Å². The van der Waals surface area contributed by atoms with Crippen molar-refractivity contribution in [2.45, 2.75) is 39.7 Å². The van der Waals surface area contributed by atoms with Crippen LogP contribution in [-0.2, 0) is 4.74 Å². The van der Waals surface area contributed by atoms with E-state index in [-0.39, 0.29) is 6.10 Å². The minimum Gasteiger partial charge on any atom is -0.496 e. The lowest BCUT2D eigenvalue weighted by Crippen LogP contribution is -2.33. The molecule has 1 aliphatic rings. The first kappa shape index (κ1) is 16.3. The van der Waals surface area contributed by atoms with E-state index in [9.17, 15) is 0 Å². The Balaban J connectivity index is 2.05. The van der Waals surface area contributed by atoms with Crippen LogP contribution in [-0.4, -0.2) is 26.8 Å². The van der Waals surface area contributed by atoms with E-state index in [1.165, 1.54) is 24.0 Å². The summed E-state index contributed by atoms with van der Waals surface area (Å²) in [6.07, 6.45) is 2.61. The molecule has 21 heavy (non-hydrogen) atoms. The number of hydrogen-bond donors (Lipinski definition) is 1. The summed E-state index contributed by atoms with van der Waals surface area (Å²) in [6, 6.07) is 6.42. The van der Waals surface area contributed by atoms with Crippen molar-refractivity contribution in [1.82, 2.24) is 5.32 Å². The summed E-state index contributed by atoms with van der Waals surface area (Å²) in [5.41, 5.74) is 2.46. The lowest BCUT2D eigenvalue weighted by molar-refractivity contribution is -0.0279. The number of ether oxygens (including phenoxy) is 2. The van der Waals surface area contributed by atoms with Gasteiger partial charge in [0.15, 0.2) is 0 Å². The smallest absolute Gasteiger partial charge is 0.121 e. The van der Waals surface area contributed by atoms with Crippen LogP contribution in [0.4, 0.5) is 0 Å². The van der Waals surface area contributed by atoms with Gasteiger partial charge in [-0.3, -0.25) is 0 Å². The molecule has 0 saturated carbocycles. The van der Waals surface area contributed by atoms with Crippen molar-refractivity contribution in [3.63, 3.8) is 0 Å². The summed E-state index contributed by atoms with van der Waals surface area (Å²) in [7, 11) is 1.72. The van der Waals surface area contributed by atoms with Crippen molar-refractivity contribution in [3.8, 4) is 5.75 Å². The lowest BCUT2D eigenvalue weighted by atomic mass is 9.88. The quantitative estimate of drug-likeness (QED) is 0.866. The van der Waals surface area contributed by atoms with Crippen LogP contribution < -0.4 is 10.1 Å². The van der Waals surface area contributed by atoms with Gasteiger partial charge >= 0.3 is 0 Å². The van der Waals surface area contributed by atoms with Gasteiger partial charge in [-0.1, -0.05) is 19.9 Å². The first-order valence-electron chi connectivity index (χ1n) is 8.08. The highest BCUT2D eigenvalue weighted by atomic mass is 16.5. The highest BCUT2D eigenvalue weighted by Gasteiger charge is 2.27. The molecule has 0 amide bonds. The Morgan fingerprint density at radius 3 is 2.86 bits per heavy atom. The Morgan fingerprint density at radius 2 is 2.19 bits per heavy atom. The van der Waals surface area contributed by atoms with E-state index in [4.69, 9.17) is 9.47 Å². The predicted octanol–water partition coefficient (Wildman–Crippen LogP) is 3.72. The standard InChI is InChI=1S/C18H29NO2/c1-13(2)11-19-12-16-6-5-9-21-18(16)15-7-8-17(20-4)14(3)10-15/h7-8,10,13,16,18-19H,5-6,9,11-12H2,1-4H3. The number of aryl methyl sites for hydroxylation is 1. The van der Waals surface area contributed by atoms with E-state index in [1.54, 1.807) is 7.11 Å². The summed E-state index contributed by atoms with van der Waals surface area (Å²) in [5.74, 6) is 2.20. The Hall–Kier alpha value is -1.06. The molecule has 2 rings (SSSR count). The molecule has 1 aromatic carbocycles. The average molecular weight is 291 g/mol. The van der Waals surface area contributed by atoms with Crippen LogP contribution in [0.15, 0.2) is 18.2 Å². The summed E-state index contributed by atoms with van der Waals surface area (Å²) in [5, 5.41) is 3.59. The normalized spacial score (nSPS) is 22.5. The summed E-state index contributed by atoms with van der Waals surface area (Å²) >= 11 is 0. The Kier molecular flexibility index (Phi) is 6.07. The van der Waals surface area contributed by atoms with E-state index >= 15 is 0 Å². The third-order valence-corrected chi connectivity index (χ3v) is 4.15. The second-order valence-electron chi connectivity index (χ2n) is 6.47. The number of hydrogen-bond acceptors (Lipinski definition) is 3. The van der Waals surface area contributed by atoms with E-state index in [1.807, 2.05) is 0 Å². The van der Waals surface area contributed by atoms with E-state index in [0.717, 1.165) is 25.4 Å². The molecule has 0 aliphatic carbocycles. The highest BCUT2D eigenvalue weighted by Crippen LogP contribution is 2.35. The summed E-state index contributed by atoms with van der Waals surface area (Å²) < 4.78 is 11.4. The molecule has 1 fully saturated rings. The van der Waals surface area contributed by atoms with Crippen LogP contribution in [0.2, 0.25) is 0 Å². The van der Waals surface area contributed by atoms with Crippen LogP contribution in [0, 0.1) is 18.8 Å². The van der Waals surface area contributed by atoms with Gasteiger partial charge in [0.05, 0.1) is 13.2 Å². The maximum Gasteiger partial charge on any atom is 0.121 e. The van der Waals surface area contributed by atoms with Crippen LogP contribution in [0.1, 0.15) is 43.9 Å². The zero-order chi connectivity index (χ0) is 15.2. The molecule has 1 aromatic rings. The third-order valence-electron chi connectivity index (χ3n) is 4.15. The number of methoxy groups -OCH3 is 1. The number of benzene rings is 1. The van der Waals surface area contributed by atoms with Crippen molar-refractivity contribution < 1.29 is 9.47 Å². The zero-order valence-electron chi connectivity index (χ0n) is 13.8. The third kappa shape index (κ3) is 4.45. The number of nitrogens with one attached hydrogen (secondary N) is 1. The largest absolute Gasteiger partial charge is 0.496 e. The number of rotatable bonds is 6. The highest BCUT2D eigenvalue weighted by molar-refractivity contribution is 5.37. The molecular weight excluding hydrogens is 262 g/mol. The van der Waals surface area contributed by atoms with Gasteiger partial charge in [-0.2, -0.15) is 0 Å². The maximum absolute atomic E-state index is 6.08. The Morgan fingerprint density at radius 1 is 1.38 bits per heavy atom. The Labute approximate surface area is 129 Å². The molecule has 0 bridgehead atoms. The fraction of sp³-hybridized carbons (Fsp3) is 0.667. The molecule has 0 aromatic heterocycles. The van der Waals surface area contributed by atoms with Crippen LogP contribution in [0.3, 0.4) is 0 Å². The Bertz CT molecular complexity index is 445. The molecule has 1 saturated heterocycles. The molecule has 1 N–H and O–H groups in total. The minimum absolute atomic E-state index is 0.211. The zero-order valence-corrected chi connectivity index (χ0v) is 13.8. The molecular formula is C18H29NO2. The van der Waals surface area contributed by atoms with Gasteiger partial charge in [-0.25, -0.2) is 0 Å². The van der Waals surface area contributed by atoms with Crippen molar-refractivity contribution in [2.24, 2.45) is 11.8 Å². The van der Waals surface area contributed by atoms with Crippen molar-refractivity contribution in [3.05, 3.63) is 29.3 Å². The summed E-state index contributed by atoms with van der Waals surface area (Å²) in [6.45, 7) is 9.57. The van der Waals surface area contributed by atoms with Crippen LogP contribution >= 0.6 is 0 Å². The van der Waals surface area contributed by atoms with E-state index in [2.05, 4.69) is 44.3 Å². The van der Waals surface area contributed by atoms with Crippen LogP contribution in [0.5, 0.6) is 5.75 Å². The molecule has 2 unspecified atom stereocenters. The second-order valence-corrected chi connectivity index (χ2v) is 6.47. The first-order valence-corrected chi connectivity index (χ1v) is 8.08. The van der Waals surface area contributed by atoms with Gasteiger partial charge in [0.2, 0.25) is 0 Å². The monoisotopic (exact) mass is 291 g/mol. The van der Waals surface area contributed by atoms with Gasteiger partial charge in [-0.05, 0) is 55.5 Å². The summed E-state index contributed by atoms with van der Waals surface area (Å²) in [4.78, 5) is 0. The average Bonchev–Trinajstić information content (AvgIpc) is 2.47. The molecule has 0 spiro atoms. The molecule has 3 nitrogen and oxygen atoms in total. The topological polar surface area (TPSA) is 30.5 Å². The maximum atomic E-state index is 6.08. The fourth-order valence-electron chi connectivity index (χ4n) is 3.06. The molecule has 118 valence electrons. The SMILES string of the molecule is COc1ccc(C2OCCCC2CNCC(C)C)cc1C. The molecule has 1 heterocycles. The fourth-order valence-corrected chi connectivity index (χ4v) is 3.06. The minimum atomic E-state index is 0.211. The van der Waals surface area contributed by atoms with Gasteiger partial charge in [0.25, 0.3) is 0 Å². The van der Waals surface area contributed by atoms with Crippen molar-refractivity contribution in [2.75, 3.05) is 26.8 Å². The first-order chi connectivity index (χ1) is 10.1. The van der Waals surface area contributed by atoms with Gasteiger partial charge in [0, 0.05) is 19.1 Å². The molecule has 3 heteroatoms. The van der Waals surface area contributed by atoms with Crippen molar-refractivity contribution in [1.29, 1.82) is 0 Å². The second kappa shape index (κ2) is 7.81.